The van der Waals surface area contributed by atoms with Crippen LogP contribution >= 0.6 is 0 Å². The van der Waals surface area contributed by atoms with E-state index >= 15 is 0 Å². The van der Waals surface area contributed by atoms with Crippen molar-refractivity contribution in [3.05, 3.63) is 0 Å². The van der Waals surface area contributed by atoms with E-state index in [-0.39, 0.29) is 29.8 Å². The van der Waals surface area contributed by atoms with Crippen LogP contribution in [0.2, 0.25) is 0 Å². The fourth-order valence-electron chi connectivity index (χ4n) is 2.72. The standard InChI is InChI=1S/C14H24N2O3/c1-3-10(2)15-14(18)11-8-13(17)16(9-11)12-4-6-19-7-5-12/h10-12H,3-9H2,1-2H3,(H,15,18). The quantitative estimate of drug-likeness (QED) is 0.825. The van der Waals surface area contributed by atoms with E-state index in [9.17, 15) is 9.59 Å². The van der Waals surface area contributed by atoms with Gasteiger partial charge >= 0.3 is 0 Å². The van der Waals surface area contributed by atoms with Gasteiger partial charge in [-0.15, -0.1) is 0 Å². The van der Waals surface area contributed by atoms with Crippen LogP contribution in [0, 0.1) is 5.92 Å². The molecule has 2 heterocycles. The summed E-state index contributed by atoms with van der Waals surface area (Å²) in [6, 6.07) is 0.447. The topological polar surface area (TPSA) is 58.6 Å². The third-order valence-corrected chi connectivity index (χ3v) is 4.16. The lowest BCUT2D eigenvalue weighted by molar-refractivity contribution is -0.131. The number of ether oxygens (including phenoxy) is 1. The number of likely N-dealkylation sites (tertiary alicyclic amines) is 1. The summed E-state index contributed by atoms with van der Waals surface area (Å²) in [5.41, 5.74) is 0. The van der Waals surface area contributed by atoms with E-state index in [0.717, 1.165) is 32.5 Å². The average molecular weight is 268 g/mol. The molecule has 0 aromatic carbocycles. The zero-order chi connectivity index (χ0) is 13.8. The van der Waals surface area contributed by atoms with Crippen LogP contribution in [0.4, 0.5) is 0 Å². The first-order valence-corrected chi connectivity index (χ1v) is 7.29. The minimum Gasteiger partial charge on any atom is -0.381 e. The molecular formula is C14H24N2O3. The Morgan fingerprint density at radius 2 is 2.16 bits per heavy atom. The van der Waals surface area contributed by atoms with Gasteiger partial charge in [0.15, 0.2) is 0 Å². The van der Waals surface area contributed by atoms with Crippen LogP contribution in [0.15, 0.2) is 0 Å². The molecule has 2 fully saturated rings. The van der Waals surface area contributed by atoms with Gasteiger partial charge in [0.25, 0.3) is 0 Å². The van der Waals surface area contributed by atoms with E-state index in [1.54, 1.807) is 0 Å². The largest absolute Gasteiger partial charge is 0.381 e. The summed E-state index contributed by atoms with van der Waals surface area (Å²) in [4.78, 5) is 26.0. The molecule has 0 radical (unpaired) electrons. The second kappa shape index (κ2) is 6.37. The van der Waals surface area contributed by atoms with Crippen LogP contribution in [0.25, 0.3) is 0 Å². The maximum Gasteiger partial charge on any atom is 0.225 e. The summed E-state index contributed by atoms with van der Waals surface area (Å²) in [5.74, 6) is -0.0298. The van der Waals surface area contributed by atoms with Gasteiger partial charge in [0.2, 0.25) is 11.8 Å². The molecule has 0 aromatic heterocycles. The van der Waals surface area contributed by atoms with E-state index in [1.165, 1.54) is 0 Å². The van der Waals surface area contributed by atoms with E-state index < -0.39 is 0 Å². The molecule has 2 rings (SSSR count). The summed E-state index contributed by atoms with van der Waals surface area (Å²) in [6.45, 7) is 6.05. The van der Waals surface area contributed by atoms with Crippen LogP contribution < -0.4 is 5.32 Å². The van der Waals surface area contributed by atoms with Crippen LogP contribution in [-0.2, 0) is 14.3 Å². The Hall–Kier alpha value is -1.10. The van der Waals surface area contributed by atoms with Gasteiger partial charge in [0.05, 0.1) is 5.92 Å². The Morgan fingerprint density at radius 3 is 2.79 bits per heavy atom. The lowest BCUT2D eigenvalue weighted by Gasteiger charge is -2.31. The Morgan fingerprint density at radius 1 is 1.47 bits per heavy atom. The molecule has 0 bridgehead atoms. The number of nitrogens with one attached hydrogen (secondary N) is 1. The van der Waals surface area contributed by atoms with Crippen LogP contribution in [0.1, 0.15) is 39.5 Å². The first-order valence-electron chi connectivity index (χ1n) is 7.29. The molecule has 2 saturated heterocycles. The number of hydrogen-bond acceptors (Lipinski definition) is 3. The molecule has 2 aliphatic heterocycles. The van der Waals surface area contributed by atoms with Crippen molar-refractivity contribution in [1.29, 1.82) is 0 Å². The Balaban J connectivity index is 1.89. The third kappa shape index (κ3) is 3.47. The van der Waals surface area contributed by atoms with Crippen LogP contribution in [0.5, 0.6) is 0 Å². The maximum absolute atomic E-state index is 12.1. The van der Waals surface area contributed by atoms with Gasteiger partial charge in [-0.3, -0.25) is 9.59 Å². The zero-order valence-corrected chi connectivity index (χ0v) is 11.9. The molecule has 0 saturated carbocycles. The van der Waals surface area contributed by atoms with Crippen molar-refractivity contribution in [2.45, 2.75) is 51.6 Å². The van der Waals surface area contributed by atoms with Crippen molar-refractivity contribution in [2.24, 2.45) is 5.92 Å². The van der Waals surface area contributed by atoms with Crippen molar-refractivity contribution in [1.82, 2.24) is 10.2 Å². The monoisotopic (exact) mass is 268 g/mol. The number of carbonyl (C=O) groups is 2. The summed E-state index contributed by atoms with van der Waals surface area (Å²) in [6.07, 6.45) is 3.06. The SMILES string of the molecule is CCC(C)NC(=O)C1CC(=O)N(C2CCOCC2)C1. The molecule has 2 unspecified atom stereocenters. The highest BCUT2D eigenvalue weighted by molar-refractivity contribution is 5.89. The molecule has 0 spiro atoms. The zero-order valence-electron chi connectivity index (χ0n) is 11.9. The van der Waals surface area contributed by atoms with Gasteiger partial charge in [0.1, 0.15) is 0 Å². The molecule has 2 aliphatic rings. The van der Waals surface area contributed by atoms with Gasteiger partial charge in [-0.05, 0) is 26.2 Å². The number of amides is 2. The van der Waals surface area contributed by atoms with Crippen LogP contribution in [-0.4, -0.2) is 48.6 Å². The molecule has 5 heteroatoms. The molecule has 2 atom stereocenters. The van der Waals surface area contributed by atoms with Crippen molar-refractivity contribution >= 4 is 11.8 Å². The van der Waals surface area contributed by atoms with Crippen molar-refractivity contribution in [2.75, 3.05) is 19.8 Å². The molecule has 2 amide bonds. The predicted octanol–water partition coefficient (Wildman–Crippen LogP) is 0.929. The Labute approximate surface area is 114 Å². The molecule has 0 aromatic rings. The minimum atomic E-state index is -0.177. The van der Waals surface area contributed by atoms with E-state index in [4.69, 9.17) is 4.74 Å². The van der Waals surface area contributed by atoms with Crippen molar-refractivity contribution in [3.8, 4) is 0 Å². The Kier molecular flexibility index (Phi) is 4.80. The fraction of sp³-hybridized carbons (Fsp3) is 0.857. The Bertz CT molecular complexity index is 340. The number of nitrogens with zero attached hydrogens (tertiary/aromatic N) is 1. The lowest BCUT2D eigenvalue weighted by Crippen LogP contribution is -2.42. The highest BCUT2D eigenvalue weighted by Gasteiger charge is 2.38. The van der Waals surface area contributed by atoms with Gasteiger partial charge in [0, 0.05) is 38.3 Å². The molecule has 19 heavy (non-hydrogen) atoms. The summed E-state index contributed by atoms with van der Waals surface area (Å²) < 4.78 is 5.32. The van der Waals surface area contributed by atoms with E-state index in [1.807, 2.05) is 18.7 Å². The van der Waals surface area contributed by atoms with Gasteiger partial charge in [-0.1, -0.05) is 6.92 Å². The smallest absolute Gasteiger partial charge is 0.225 e. The molecule has 1 N–H and O–H groups in total. The van der Waals surface area contributed by atoms with Gasteiger partial charge in [-0.25, -0.2) is 0 Å². The predicted molar refractivity (Wildman–Crippen MR) is 71.6 cm³/mol. The van der Waals surface area contributed by atoms with Crippen molar-refractivity contribution in [3.63, 3.8) is 0 Å². The van der Waals surface area contributed by atoms with Gasteiger partial charge in [-0.2, -0.15) is 0 Å². The summed E-state index contributed by atoms with van der Waals surface area (Å²) >= 11 is 0. The van der Waals surface area contributed by atoms with E-state index in [2.05, 4.69) is 5.32 Å². The summed E-state index contributed by atoms with van der Waals surface area (Å²) in [5, 5.41) is 2.97. The lowest BCUT2D eigenvalue weighted by atomic mass is 10.1. The third-order valence-electron chi connectivity index (χ3n) is 4.16. The minimum absolute atomic E-state index is 0.0252. The number of rotatable bonds is 4. The highest BCUT2D eigenvalue weighted by Crippen LogP contribution is 2.25. The molecule has 108 valence electrons. The molecule has 5 nitrogen and oxygen atoms in total. The average Bonchev–Trinajstić information content (AvgIpc) is 2.82. The molecule has 0 aliphatic carbocycles. The second-order valence-electron chi connectivity index (χ2n) is 5.61. The normalized spacial score (nSPS) is 26.5. The number of hydrogen-bond donors (Lipinski definition) is 1. The summed E-state index contributed by atoms with van der Waals surface area (Å²) in [7, 11) is 0. The molecular weight excluding hydrogens is 244 g/mol. The first-order chi connectivity index (χ1) is 9.11. The van der Waals surface area contributed by atoms with Crippen LogP contribution in [0.3, 0.4) is 0 Å². The van der Waals surface area contributed by atoms with E-state index in [0.29, 0.717) is 13.0 Å². The van der Waals surface area contributed by atoms with Crippen molar-refractivity contribution < 1.29 is 14.3 Å². The van der Waals surface area contributed by atoms with Gasteiger partial charge < -0.3 is 15.0 Å². The second-order valence-corrected chi connectivity index (χ2v) is 5.61. The number of carbonyl (C=O) groups excluding carboxylic acids is 2. The fourth-order valence-corrected chi connectivity index (χ4v) is 2.72. The highest BCUT2D eigenvalue weighted by atomic mass is 16.5. The first kappa shape index (κ1) is 14.3. The maximum atomic E-state index is 12.1.